The second-order valence-corrected chi connectivity index (χ2v) is 5.39. The highest BCUT2D eigenvalue weighted by atomic mass is 32.2. The van der Waals surface area contributed by atoms with Crippen LogP contribution < -0.4 is 10.6 Å². The zero-order valence-corrected chi connectivity index (χ0v) is 11.3. The van der Waals surface area contributed by atoms with Gasteiger partial charge in [0.15, 0.2) is 0 Å². The molecule has 1 unspecified atom stereocenters. The fourth-order valence-corrected chi connectivity index (χ4v) is 3.19. The van der Waals surface area contributed by atoms with Crippen LogP contribution in [0.3, 0.4) is 0 Å². The number of hydrogen-bond acceptors (Lipinski definition) is 5. The van der Waals surface area contributed by atoms with Gasteiger partial charge in [-0.1, -0.05) is 6.07 Å². The molecule has 19 heavy (non-hydrogen) atoms. The number of nitro benzene ring substituents is 1. The number of carbonyl (C=O) groups is 1. The van der Waals surface area contributed by atoms with Gasteiger partial charge >= 0.3 is 5.69 Å². The molecular formula is C12H15N3O3S. The van der Waals surface area contributed by atoms with E-state index in [1.54, 1.807) is 30.9 Å². The first-order valence-electron chi connectivity index (χ1n) is 5.97. The minimum Gasteiger partial charge on any atom is -0.383 e. The van der Waals surface area contributed by atoms with Crippen LogP contribution in [0.5, 0.6) is 0 Å². The third-order valence-corrected chi connectivity index (χ3v) is 4.16. The van der Waals surface area contributed by atoms with Gasteiger partial charge in [-0.3, -0.25) is 14.9 Å². The Morgan fingerprint density at radius 3 is 2.89 bits per heavy atom. The number of hydrogen-bond donors (Lipinski definition) is 2. The Bertz CT molecular complexity index is 501. The molecule has 102 valence electrons. The molecule has 2 N–H and O–H groups in total. The van der Waals surface area contributed by atoms with Gasteiger partial charge in [0.2, 0.25) is 0 Å². The summed E-state index contributed by atoms with van der Waals surface area (Å²) in [7, 11) is 1.59. The van der Waals surface area contributed by atoms with Crippen molar-refractivity contribution in [1.82, 2.24) is 5.32 Å². The van der Waals surface area contributed by atoms with Crippen LogP contribution >= 0.6 is 11.8 Å². The van der Waals surface area contributed by atoms with Gasteiger partial charge in [0.05, 0.1) is 4.92 Å². The molecule has 1 aromatic rings. The fourth-order valence-electron chi connectivity index (χ4n) is 2.04. The van der Waals surface area contributed by atoms with E-state index in [9.17, 15) is 14.9 Å². The van der Waals surface area contributed by atoms with E-state index in [-0.39, 0.29) is 23.2 Å². The fraction of sp³-hybridized carbons (Fsp3) is 0.417. The molecule has 1 saturated heterocycles. The van der Waals surface area contributed by atoms with Crippen LogP contribution in [-0.4, -0.2) is 35.4 Å². The van der Waals surface area contributed by atoms with Gasteiger partial charge in [0, 0.05) is 18.8 Å². The first kappa shape index (κ1) is 13.7. The predicted octanol–water partition coefficient (Wildman–Crippen LogP) is 1.87. The van der Waals surface area contributed by atoms with Crippen LogP contribution in [0.25, 0.3) is 0 Å². The zero-order chi connectivity index (χ0) is 13.8. The van der Waals surface area contributed by atoms with E-state index in [1.807, 2.05) is 0 Å². The molecule has 1 fully saturated rings. The summed E-state index contributed by atoms with van der Waals surface area (Å²) in [4.78, 5) is 22.7. The third kappa shape index (κ3) is 2.98. The Kier molecular flexibility index (Phi) is 4.26. The Labute approximate surface area is 115 Å². The summed E-state index contributed by atoms with van der Waals surface area (Å²) in [5, 5.41) is 16.7. The average molecular weight is 281 g/mol. The van der Waals surface area contributed by atoms with Crippen molar-refractivity contribution in [3.05, 3.63) is 33.9 Å². The summed E-state index contributed by atoms with van der Waals surface area (Å²) in [6.45, 7) is 0. The monoisotopic (exact) mass is 281 g/mol. The first-order chi connectivity index (χ1) is 9.13. The van der Waals surface area contributed by atoms with Crippen LogP contribution in [0.4, 0.5) is 11.4 Å². The van der Waals surface area contributed by atoms with Gasteiger partial charge in [-0.05, 0) is 24.3 Å². The SMILES string of the molecule is CNc1cccc(C(=O)NC2CCSC2)c1[N+](=O)[O-]. The maximum absolute atomic E-state index is 12.1. The number of nitrogens with one attached hydrogen (secondary N) is 2. The number of anilines is 1. The number of nitrogens with zero attached hydrogens (tertiary/aromatic N) is 1. The van der Waals surface area contributed by atoms with Crippen LogP contribution in [0.1, 0.15) is 16.8 Å². The van der Waals surface area contributed by atoms with E-state index in [0.717, 1.165) is 17.9 Å². The number of nitro groups is 1. The number of para-hydroxylation sites is 1. The lowest BCUT2D eigenvalue weighted by molar-refractivity contribution is -0.384. The maximum Gasteiger partial charge on any atom is 0.305 e. The Balaban J connectivity index is 2.27. The molecule has 7 heteroatoms. The van der Waals surface area contributed by atoms with E-state index in [0.29, 0.717) is 5.69 Å². The normalized spacial score (nSPS) is 18.1. The topological polar surface area (TPSA) is 84.3 Å². The van der Waals surface area contributed by atoms with Gasteiger partial charge in [0.25, 0.3) is 5.91 Å². The quantitative estimate of drug-likeness (QED) is 0.650. The number of amides is 1. The van der Waals surface area contributed by atoms with Crippen LogP contribution in [0.15, 0.2) is 18.2 Å². The summed E-state index contributed by atoms with van der Waals surface area (Å²) in [6.07, 6.45) is 0.913. The second-order valence-electron chi connectivity index (χ2n) is 4.24. The van der Waals surface area contributed by atoms with E-state index < -0.39 is 4.92 Å². The molecule has 1 aliphatic rings. The summed E-state index contributed by atoms with van der Waals surface area (Å²) >= 11 is 1.78. The van der Waals surface area contributed by atoms with Crippen LogP contribution in [0, 0.1) is 10.1 Å². The summed E-state index contributed by atoms with van der Waals surface area (Å²) in [6, 6.07) is 4.81. The molecule has 0 saturated carbocycles. The molecule has 1 amide bonds. The average Bonchev–Trinajstić information content (AvgIpc) is 2.90. The van der Waals surface area contributed by atoms with Crippen LogP contribution in [-0.2, 0) is 0 Å². The van der Waals surface area contributed by atoms with Crippen molar-refractivity contribution < 1.29 is 9.72 Å². The minimum absolute atomic E-state index is 0.105. The molecule has 0 aliphatic carbocycles. The number of thioether (sulfide) groups is 1. The van der Waals surface area contributed by atoms with E-state index in [2.05, 4.69) is 10.6 Å². The second kappa shape index (κ2) is 5.92. The molecule has 2 rings (SSSR count). The van der Waals surface area contributed by atoms with Crippen molar-refractivity contribution in [1.29, 1.82) is 0 Å². The molecule has 1 aliphatic heterocycles. The van der Waals surface area contributed by atoms with Crippen molar-refractivity contribution in [2.75, 3.05) is 23.9 Å². The van der Waals surface area contributed by atoms with Crippen molar-refractivity contribution >= 4 is 29.0 Å². The Morgan fingerprint density at radius 1 is 1.53 bits per heavy atom. The largest absolute Gasteiger partial charge is 0.383 e. The molecule has 0 aromatic heterocycles. The highest BCUT2D eigenvalue weighted by Crippen LogP contribution is 2.28. The number of carbonyl (C=O) groups excluding carboxylic acids is 1. The molecule has 0 spiro atoms. The lowest BCUT2D eigenvalue weighted by atomic mass is 10.1. The zero-order valence-electron chi connectivity index (χ0n) is 10.5. The van der Waals surface area contributed by atoms with Gasteiger partial charge in [-0.2, -0.15) is 11.8 Å². The summed E-state index contributed by atoms with van der Waals surface area (Å²) in [5.41, 5.74) is 0.278. The van der Waals surface area contributed by atoms with E-state index in [4.69, 9.17) is 0 Å². The molecule has 1 heterocycles. The molecule has 0 bridgehead atoms. The molecule has 0 radical (unpaired) electrons. The molecule has 1 atom stereocenters. The molecule has 6 nitrogen and oxygen atoms in total. The summed E-state index contributed by atoms with van der Waals surface area (Å²) in [5.74, 6) is 1.51. The Hall–Kier alpha value is -1.76. The number of benzene rings is 1. The lowest BCUT2D eigenvalue weighted by Gasteiger charge is -2.12. The summed E-state index contributed by atoms with van der Waals surface area (Å²) < 4.78 is 0. The minimum atomic E-state index is -0.524. The van der Waals surface area contributed by atoms with Crippen LogP contribution in [0.2, 0.25) is 0 Å². The maximum atomic E-state index is 12.1. The van der Waals surface area contributed by atoms with Crippen molar-refractivity contribution in [2.45, 2.75) is 12.5 Å². The number of rotatable bonds is 4. The Morgan fingerprint density at radius 2 is 2.32 bits per heavy atom. The van der Waals surface area contributed by atoms with E-state index in [1.165, 1.54) is 6.07 Å². The third-order valence-electron chi connectivity index (χ3n) is 3.00. The van der Waals surface area contributed by atoms with Crippen molar-refractivity contribution in [3.8, 4) is 0 Å². The predicted molar refractivity (Wildman–Crippen MR) is 75.8 cm³/mol. The molecular weight excluding hydrogens is 266 g/mol. The molecule has 1 aromatic carbocycles. The van der Waals surface area contributed by atoms with E-state index >= 15 is 0 Å². The smallest absolute Gasteiger partial charge is 0.305 e. The highest BCUT2D eigenvalue weighted by molar-refractivity contribution is 7.99. The lowest BCUT2D eigenvalue weighted by Crippen LogP contribution is -2.35. The van der Waals surface area contributed by atoms with Crippen molar-refractivity contribution in [3.63, 3.8) is 0 Å². The van der Waals surface area contributed by atoms with Gasteiger partial charge in [-0.25, -0.2) is 0 Å². The highest BCUT2D eigenvalue weighted by Gasteiger charge is 2.26. The van der Waals surface area contributed by atoms with Gasteiger partial charge < -0.3 is 10.6 Å². The first-order valence-corrected chi connectivity index (χ1v) is 7.12. The van der Waals surface area contributed by atoms with Crippen molar-refractivity contribution in [2.24, 2.45) is 0 Å². The van der Waals surface area contributed by atoms with Gasteiger partial charge in [-0.15, -0.1) is 0 Å². The standard InChI is InChI=1S/C12H15N3O3S/c1-13-10-4-2-3-9(11(10)15(17)18)12(16)14-8-5-6-19-7-8/h2-4,8,13H,5-7H2,1H3,(H,14,16). The van der Waals surface area contributed by atoms with Gasteiger partial charge in [0.1, 0.15) is 11.3 Å².